The van der Waals surface area contributed by atoms with Gasteiger partial charge in [-0.05, 0) is 52.7 Å². The Morgan fingerprint density at radius 1 is 1.37 bits per heavy atom. The van der Waals surface area contributed by atoms with Crippen LogP contribution in [0.4, 0.5) is 11.4 Å². The number of hydrogen-bond acceptors (Lipinski definition) is 4. The fourth-order valence-corrected chi connectivity index (χ4v) is 4.77. The first-order valence-electron chi connectivity index (χ1n) is 5.13. The van der Waals surface area contributed by atoms with E-state index in [4.69, 9.17) is 17.3 Å². The molecule has 2 aromatic rings. The van der Waals surface area contributed by atoms with Crippen LogP contribution in [0, 0.1) is 6.92 Å². The van der Waals surface area contributed by atoms with Gasteiger partial charge in [-0.2, -0.15) is 0 Å². The molecule has 2 rings (SSSR count). The summed E-state index contributed by atoms with van der Waals surface area (Å²) in [5.41, 5.74) is 7.21. The number of nitrogen functional groups attached to an aromatic ring is 1. The number of halogens is 2. The van der Waals surface area contributed by atoms with Gasteiger partial charge in [0, 0.05) is 0 Å². The fourth-order valence-electron chi connectivity index (χ4n) is 1.38. The number of nitrogens with one attached hydrogen (secondary N) is 1. The van der Waals surface area contributed by atoms with Crippen molar-refractivity contribution < 1.29 is 8.42 Å². The first kappa shape index (κ1) is 14.6. The summed E-state index contributed by atoms with van der Waals surface area (Å²) in [5, 5.41) is 0.387. The molecule has 102 valence electrons. The number of hydrogen-bond donors (Lipinski definition) is 2. The van der Waals surface area contributed by atoms with Gasteiger partial charge in [-0.15, -0.1) is 11.3 Å². The zero-order valence-corrected chi connectivity index (χ0v) is 13.8. The predicted molar refractivity (Wildman–Crippen MR) is 83.4 cm³/mol. The van der Waals surface area contributed by atoms with Crippen LogP contribution in [-0.2, 0) is 10.0 Å². The van der Waals surface area contributed by atoms with E-state index in [1.165, 1.54) is 6.07 Å². The van der Waals surface area contributed by atoms with Gasteiger partial charge >= 0.3 is 0 Å². The molecule has 0 bridgehead atoms. The molecule has 0 aliphatic carbocycles. The lowest BCUT2D eigenvalue weighted by Crippen LogP contribution is -2.11. The van der Waals surface area contributed by atoms with Gasteiger partial charge in [0.1, 0.15) is 4.21 Å². The first-order valence-corrected chi connectivity index (χ1v) is 8.60. The van der Waals surface area contributed by atoms with Crippen LogP contribution in [0.3, 0.4) is 0 Å². The molecular weight excluding hydrogens is 372 g/mol. The van der Waals surface area contributed by atoms with Gasteiger partial charge in [-0.25, -0.2) is 8.42 Å². The number of aryl methyl sites for hydroxylation is 1. The summed E-state index contributed by atoms with van der Waals surface area (Å²) in [5.74, 6) is 0. The minimum absolute atomic E-state index is 0.241. The Hall–Kier alpha value is -0.760. The smallest absolute Gasteiger partial charge is 0.271 e. The van der Waals surface area contributed by atoms with Crippen molar-refractivity contribution in [1.29, 1.82) is 0 Å². The van der Waals surface area contributed by atoms with E-state index < -0.39 is 10.0 Å². The lowest BCUT2D eigenvalue weighted by Gasteiger charge is -2.07. The standard InChI is InChI=1S/C11H10BrClN2O2S2/c1-6-4-10(18-11(6)12)19(16,17)15-7-2-3-8(13)9(14)5-7/h2-5,15H,14H2,1H3. The average Bonchev–Trinajstić information content (AvgIpc) is 2.65. The van der Waals surface area contributed by atoms with Crippen molar-refractivity contribution in [2.24, 2.45) is 0 Å². The zero-order valence-electron chi connectivity index (χ0n) is 9.78. The van der Waals surface area contributed by atoms with Crippen LogP contribution in [0.15, 0.2) is 32.3 Å². The molecule has 8 heteroatoms. The van der Waals surface area contributed by atoms with Crippen LogP contribution >= 0.6 is 38.9 Å². The normalized spacial score (nSPS) is 11.5. The molecule has 0 saturated carbocycles. The molecule has 0 atom stereocenters. The number of rotatable bonds is 3. The molecule has 1 aromatic heterocycles. The summed E-state index contributed by atoms with van der Waals surface area (Å²) < 4.78 is 27.8. The molecule has 4 nitrogen and oxygen atoms in total. The van der Waals surface area contributed by atoms with Crippen molar-refractivity contribution >= 4 is 60.3 Å². The van der Waals surface area contributed by atoms with Crippen LogP contribution in [0.25, 0.3) is 0 Å². The minimum atomic E-state index is -3.60. The number of nitrogens with two attached hydrogens (primary N) is 1. The number of benzene rings is 1. The summed E-state index contributed by atoms with van der Waals surface area (Å²) in [6.45, 7) is 1.83. The minimum Gasteiger partial charge on any atom is -0.397 e. The highest BCUT2D eigenvalue weighted by atomic mass is 79.9. The lowest BCUT2D eigenvalue weighted by atomic mass is 10.3. The Bertz CT molecular complexity index is 709. The molecule has 1 heterocycles. The number of sulfonamides is 1. The third kappa shape index (κ3) is 3.22. The van der Waals surface area contributed by atoms with Gasteiger partial charge in [-0.1, -0.05) is 11.6 Å². The fraction of sp³-hybridized carbons (Fsp3) is 0.0909. The number of thiophene rings is 1. The maximum atomic E-state index is 12.2. The van der Waals surface area contributed by atoms with Crippen LogP contribution in [0.1, 0.15) is 5.56 Å². The molecule has 0 radical (unpaired) electrons. The highest BCUT2D eigenvalue weighted by molar-refractivity contribution is 9.11. The van der Waals surface area contributed by atoms with E-state index in [1.807, 2.05) is 6.92 Å². The van der Waals surface area contributed by atoms with E-state index >= 15 is 0 Å². The van der Waals surface area contributed by atoms with Crippen LogP contribution < -0.4 is 10.5 Å². The summed E-state index contributed by atoms with van der Waals surface area (Å²) in [6, 6.07) is 6.20. The van der Waals surface area contributed by atoms with Crippen molar-refractivity contribution in [1.82, 2.24) is 0 Å². The van der Waals surface area contributed by atoms with Crippen molar-refractivity contribution in [3.63, 3.8) is 0 Å². The van der Waals surface area contributed by atoms with Crippen molar-refractivity contribution in [3.8, 4) is 0 Å². The van der Waals surface area contributed by atoms with Gasteiger partial charge in [0.05, 0.1) is 20.2 Å². The highest BCUT2D eigenvalue weighted by Crippen LogP contribution is 2.32. The maximum Gasteiger partial charge on any atom is 0.271 e. The Balaban J connectivity index is 2.33. The van der Waals surface area contributed by atoms with Crippen LogP contribution in [-0.4, -0.2) is 8.42 Å². The Morgan fingerprint density at radius 2 is 2.05 bits per heavy atom. The van der Waals surface area contributed by atoms with E-state index in [1.54, 1.807) is 18.2 Å². The monoisotopic (exact) mass is 380 g/mol. The third-order valence-corrected chi connectivity index (χ3v) is 6.68. The largest absolute Gasteiger partial charge is 0.397 e. The SMILES string of the molecule is Cc1cc(S(=O)(=O)Nc2ccc(Cl)c(N)c2)sc1Br. The Kier molecular flexibility index (Phi) is 4.10. The quantitative estimate of drug-likeness (QED) is 0.793. The molecule has 0 saturated heterocycles. The summed E-state index contributed by atoms with van der Waals surface area (Å²) in [6.07, 6.45) is 0. The van der Waals surface area contributed by atoms with E-state index in [-0.39, 0.29) is 4.21 Å². The van der Waals surface area contributed by atoms with Crippen molar-refractivity contribution in [3.05, 3.63) is 38.6 Å². The molecule has 0 spiro atoms. The molecule has 0 amide bonds. The molecule has 19 heavy (non-hydrogen) atoms. The van der Waals surface area contributed by atoms with Crippen molar-refractivity contribution in [2.45, 2.75) is 11.1 Å². The average molecular weight is 382 g/mol. The maximum absolute atomic E-state index is 12.2. The zero-order chi connectivity index (χ0) is 14.2. The summed E-state index contributed by atoms with van der Waals surface area (Å²) in [4.78, 5) is 0. The predicted octanol–water partition coefficient (Wildman–Crippen LogP) is 3.86. The molecular formula is C11H10BrClN2O2S2. The van der Waals surface area contributed by atoms with E-state index in [0.717, 1.165) is 20.7 Å². The molecule has 0 aliphatic heterocycles. The van der Waals surface area contributed by atoms with Crippen molar-refractivity contribution in [2.75, 3.05) is 10.5 Å². The number of anilines is 2. The third-order valence-electron chi connectivity index (χ3n) is 2.35. The Morgan fingerprint density at radius 3 is 2.58 bits per heavy atom. The van der Waals surface area contributed by atoms with Crippen LogP contribution in [0.2, 0.25) is 5.02 Å². The molecule has 1 aromatic carbocycles. The molecule has 0 aliphatic rings. The molecule has 3 N–H and O–H groups in total. The van der Waals surface area contributed by atoms with E-state index in [2.05, 4.69) is 20.7 Å². The second-order valence-corrected chi connectivity index (χ2v) is 8.55. The second kappa shape index (κ2) is 5.32. The highest BCUT2D eigenvalue weighted by Gasteiger charge is 2.18. The van der Waals surface area contributed by atoms with Crippen LogP contribution in [0.5, 0.6) is 0 Å². The summed E-state index contributed by atoms with van der Waals surface area (Å²) in [7, 11) is -3.60. The first-order chi connectivity index (χ1) is 8.79. The van der Waals surface area contributed by atoms with E-state index in [9.17, 15) is 8.42 Å². The van der Waals surface area contributed by atoms with Gasteiger partial charge in [0.2, 0.25) is 0 Å². The van der Waals surface area contributed by atoms with Gasteiger partial charge in [0.15, 0.2) is 0 Å². The summed E-state index contributed by atoms with van der Waals surface area (Å²) >= 11 is 10.2. The molecule has 0 fully saturated rings. The second-order valence-electron chi connectivity index (χ2n) is 3.86. The van der Waals surface area contributed by atoms with E-state index in [0.29, 0.717) is 16.4 Å². The Labute approximate surface area is 128 Å². The van der Waals surface area contributed by atoms with Gasteiger partial charge in [0.25, 0.3) is 10.0 Å². The topological polar surface area (TPSA) is 72.2 Å². The lowest BCUT2D eigenvalue weighted by molar-refractivity contribution is 0.603. The molecule has 0 unspecified atom stereocenters. The van der Waals surface area contributed by atoms with Gasteiger partial charge < -0.3 is 5.73 Å². The van der Waals surface area contributed by atoms with Gasteiger partial charge in [-0.3, -0.25) is 4.72 Å².